The van der Waals surface area contributed by atoms with E-state index in [0.29, 0.717) is 0 Å². The molecule has 0 saturated carbocycles. The first-order valence-electron chi connectivity index (χ1n) is 6.56. The van der Waals surface area contributed by atoms with Gasteiger partial charge >= 0.3 is 0 Å². The largest absolute Gasteiger partial charge is 0.381 e. The molecule has 0 aliphatic carbocycles. The van der Waals surface area contributed by atoms with Crippen LogP contribution in [0.2, 0.25) is 0 Å². The zero-order valence-corrected chi connectivity index (χ0v) is 12.8. The van der Waals surface area contributed by atoms with Gasteiger partial charge in [-0.1, -0.05) is 34.1 Å². The molecule has 20 heavy (non-hydrogen) atoms. The Hall–Kier alpha value is -1.87. The smallest absolute Gasteiger partial charge is 0.0401 e. The van der Waals surface area contributed by atoms with Crippen LogP contribution in [0.5, 0.6) is 0 Å². The van der Waals surface area contributed by atoms with Crippen LogP contribution in [0.1, 0.15) is 11.1 Å². The molecule has 3 heteroatoms. The molecule has 3 rings (SSSR count). The topological polar surface area (TPSA) is 24.9 Å². The Bertz CT molecular complexity index is 753. The molecule has 0 unspecified atom stereocenters. The van der Waals surface area contributed by atoms with Gasteiger partial charge in [0.25, 0.3) is 0 Å². The number of halogens is 1. The molecule has 0 saturated heterocycles. The second kappa shape index (κ2) is 5.63. The molecule has 1 heterocycles. The highest BCUT2D eigenvalue weighted by Gasteiger charge is 2.02. The third-order valence-electron chi connectivity index (χ3n) is 3.46. The van der Waals surface area contributed by atoms with E-state index in [9.17, 15) is 0 Å². The zero-order chi connectivity index (χ0) is 13.9. The van der Waals surface area contributed by atoms with Crippen LogP contribution in [-0.2, 0) is 6.54 Å². The van der Waals surface area contributed by atoms with Crippen LogP contribution in [0, 0.1) is 6.92 Å². The first-order valence-corrected chi connectivity index (χ1v) is 7.35. The number of fused-ring (bicyclic) bond motifs is 1. The van der Waals surface area contributed by atoms with E-state index in [2.05, 4.69) is 63.5 Å². The molecule has 3 aromatic rings. The maximum atomic E-state index is 4.14. The van der Waals surface area contributed by atoms with E-state index in [1.807, 2.05) is 24.5 Å². The number of pyridine rings is 1. The van der Waals surface area contributed by atoms with Crippen molar-refractivity contribution in [2.75, 3.05) is 5.32 Å². The lowest BCUT2D eigenvalue weighted by atomic mass is 10.1. The highest BCUT2D eigenvalue weighted by molar-refractivity contribution is 9.10. The number of benzene rings is 2. The van der Waals surface area contributed by atoms with Gasteiger partial charge in [-0.15, -0.1) is 0 Å². The molecule has 1 aromatic heterocycles. The van der Waals surface area contributed by atoms with E-state index < -0.39 is 0 Å². The molecule has 1 N–H and O–H groups in total. The van der Waals surface area contributed by atoms with Gasteiger partial charge < -0.3 is 5.32 Å². The Labute approximate surface area is 127 Å². The fourth-order valence-electron chi connectivity index (χ4n) is 2.24. The average molecular weight is 327 g/mol. The molecule has 0 radical (unpaired) electrons. The van der Waals surface area contributed by atoms with E-state index in [1.54, 1.807) is 0 Å². The van der Waals surface area contributed by atoms with Crippen molar-refractivity contribution in [3.05, 3.63) is 70.5 Å². The number of aromatic nitrogens is 1. The monoisotopic (exact) mass is 326 g/mol. The third-order valence-corrected chi connectivity index (χ3v) is 4.31. The number of rotatable bonds is 3. The highest BCUT2D eigenvalue weighted by Crippen LogP contribution is 2.24. The molecule has 0 aliphatic rings. The van der Waals surface area contributed by atoms with Crippen LogP contribution >= 0.6 is 15.9 Å². The fourth-order valence-corrected chi connectivity index (χ4v) is 2.61. The standard InChI is InChI=1S/C17H15BrN2/c1-12-16(18)3-2-4-17(12)20-10-13-5-6-15-11-19-8-7-14(15)9-13/h2-9,11,20H,10H2,1H3. The molecule has 0 fully saturated rings. The Morgan fingerprint density at radius 3 is 2.90 bits per heavy atom. The van der Waals surface area contributed by atoms with Crippen LogP contribution in [0.25, 0.3) is 10.8 Å². The molecule has 0 aliphatic heterocycles. The normalized spacial score (nSPS) is 10.7. The lowest BCUT2D eigenvalue weighted by molar-refractivity contribution is 1.14. The lowest BCUT2D eigenvalue weighted by Gasteiger charge is -2.11. The molecule has 0 bridgehead atoms. The minimum atomic E-state index is 0.815. The van der Waals surface area contributed by atoms with E-state index in [1.165, 1.54) is 21.9 Å². The van der Waals surface area contributed by atoms with E-state index in [-0.39, 0.29) is 0 Å². The van der Waals surface area contributed by atoms with E-state index in [4.69, 9.17) is 0 Å². The van der Waals surface area contributed by atoms with Crippen molar-refractivity contribution in [3.8, 4) is 0 Å². The van der Waals surface area contributed by atoms with Gasteiger partial charge in [-0.2, -0.15) is 0 Å². The number of nitrogens with zero attached hydrogens (tertiary/aromatic N) is 1. The van der Waals surface area contributed by atoms with E-state index in [0.717, 1.165) is 16.7 Å². The summed E-state index contributed by atoms with van der Waals surface area (Å²) in [6.07, 6.45) is 3.73. The summed E-state index contributed by atoms with van der Waals surface area (Å²) >= 11 is 3.56. The summed E-state index contributed by atoms with van der Waals surface area (Å²) in [5, 5.41) is 5.89. The predicted octanol–water partition coefficient (Wildman–Crippen LogP) is 4.92. The van der Waals surface area contributed by atoms with Crippen LogP contribution in [0.4, 0.5) is 5.69 Å². The van der Waals surface area contributed by atoms with Crippen molar-refractivity contribution in [1.82, 2.24) is 4.98 Å². The summed E-state index contributed by atoms with van der Waals surface area (Å²) in [5.74, 6) is 0. The van der Waals surface area contributed by atoms with Gasteiger partial charge in [-0.3, -0.25) is 4.98 Å². The van der Waals surface area contributed by atoms with Gasteiger partial charge in [0, 0.05) is 34.5 Å². The van der Waals surface area contributed by atoms with Crippen LogP contribution in [-0.4, -0.2) is 4.98 Å². The first kappa shape index (κ1) is 13.1. The number of hydrogen-bond donors (Lipinski definition) is 1. The van der Waals surface area contributed by atoms with Crippen LogP contribution in [0.3, 0.4) is 0 Å². The fraction of sp³-hybridized carbons (Fsp3) is 0.118. The Morgan fingerprint density at radius 1 is 1.10 bits per heavy atom. The maximum absolute atomic E-state index is 4.14. The Kier molecular flexibility index (Phi) is 3.70. The maximum Gasteiger partial charge on any atom is 0.0401 e. The molecule has 0 amide bonds. The van der Waals surface area contributed by atoms with Crippen molar-refractivity contribution in [3.63, 3.8) is 0 Å². The number of anilines is 1. The summed E-state index contributed by atoms with van der Waals surface area (Å²) in [6, 6.07) is 14.7. The van der Waals surface area contributed by atoms with Gasteiger partial charge in [0.15, 0.2) is 0 Å². The minimum Gasteiger partial charge on any atom is -0.381 e. The summed E-state index contributed by atoms with van der Waals surface area (Å²) in [5.41, 5.74) is 3.66. The molecular weight excluding hydrogens is 312 g/mol. The quantitative estimate of drug-likeness (QED) is 0.739. The SMILES string of the molecule is Cc1c(Br)cccc1NCc1ccc2cnccc2c1. The average Bonchev–Trinajstić information content (AvgIpc) is 2.48. The molecule has 0 spiro atoms. The second-order valence-corrected chi connectivity index (χ2v) is 5.68. The van der Waals surface area contributed by atoms with Crippen molar-refractivity contribution in [2.45, 2.75) is 13.5 Å². The van der Waals surface area contributed by atoms with Gasteiger partial charge in [-0.05, 0) is 47.7 Å². The molecule has 2 aromatic carbocycles. The number of hydrogen-bond acceptors (Lipinski definition) is 2. The van der Waals surface area contributed by atoms with Gasteiger partial charge in [0.1, 0.15) is 0 Å². The summed E-state index contributed by atoms with van der Waals surface area (Å²) in [6.45, 7) is 2.92. The highest BCUT2D eigenvalue weighted by atomic mass is 79.9. The summed E-state index contributed by atoms with van der Waals surface area (Å²) in [7, 11) is 0. The lowest BCUT2D eigenvalue weighted by Crippen LogP contribution is -2.01. The van der Waals surface area contributed by atoms with Crippen molar-refractivity contribution >= 4 is 32.4 Å². The predicted molar refractivity (Wildman–Crippen MR) is 87.9 cm³/mol. The molecular formula is C17H15BrN2. The van der Waals surface area contributed by atoms with Crippen molar-refractivity contribution in [2.24, 2.45) is 0 Å². The molecule has 100 valence electrons. The van der Waals surface area contributed by atoms with Crippen LogP contribution in [0.15, 0.2) is 59.3 Å². The molecule has 0 atom stereocenters. The Balaban J connectivity index is 1.81. The van der Waals surface area contributed by atoms with Gasteiger partial charge in [0.2, 0.25) is 0 Å². The third kappa shape index (κ3) is 2.68. The Morgan fingerprint density at radius 2 is 2.00 bits per heavy atom. The second-order valence-electron chi connectivity index (χ2n) is 4.82. The van der Waals surface area contributed by atoms with E-state index >= 15 is 0 Å². The van der Waals surface area contributed by atoms with Gasteiger partial charge in [0.05, 0.1) is 0 Å². The van der Waals surface area contributed by atoms with Crippen molar-refractivity contribution in [1.29, 1.82) is 0 Å². The summed E-state index contributed by atoms with van der Waals surface area (Å²) < 4.78 is 1.13. The summed E-state index contributed by atoms with van der Waals surface area (Å²) in [4.78, 5) is 4.14. The van der Waals surface area contributed by atoms with Crippen LogP contribution < -0.4 is 5.32 Å². The first-order chi connectivity index (χ1) is 9.74. The zero-order valence-electron chi connectivity index (χ0n) is 11.2. The molecule has 2 nitrogen and oxygen atoms in total. The van der Waals surface area contributed by atoms with Gasteiger partial charge in [-0.25, -0.2) is 0 Å². The van der Waals surface area contributed by atoms with Crippen molar-refractivity contribution < 1.29 is 0 Å². The minimum absolute atomic E-state index is 0.815. The number of nitrogens with one attached hydrogen (secondary N) is 1.